The molecule has 4 aliphatic rings. The molecule has 0 bridgehead atoms. The third-order valence-corrected chi connectivity index (χ3v) is 14.2. The quantitative estimate of drug-likeness (QED) is 0.0221. The first kappa shape index (κ1) is 66.8. The molecule has 0 spiro atoms. The molecule has 28 heteroatoms. The minimum atomic E-state index is -3.25. The number of hydrogen-bond donors (Lipinski definition) is 17. The normalized spacial score (nSPS) is 37.5. The van der Waals surface area contributed by atoms with Gasteiger partial charge in [-0.3, -0.25) is 9.59 Å². The Morgan fingerprint density at radius 3 is 1.75 bits per heavy atom. The smallest absolute Gasteiger partial charge is 0.364 e. The molecule has 23 atom stereocenters. The van der Waals surface area contributed by atoms with Gasteiger partial charge in [0, 0.05) is 20.3 Å². The first-order chi connectivity index (χ1) is 36.6. The van der Waals surface area contributed by atoms with E-state index in [1.165, 1.54) is 57.4 Å². The lowest BCUT2D eigenvalue weighted by Crippen LogP contribution is -2.72. The summed E-state index contributed by atoms with van der Waals surface area (Å²) in [5.74, 6) is -6.96. The van der Waals surface area contributed by atoms with Crippen molar-refractivity contribution in [3.63, 3.8) is 0 Å². The van der Waals surface area contributed by atoms with Gasteiger partial charge in [0.25, 0.3) is 5.79 Å². The third-order valence-electron chi connectivity index (χ3n) is 14.2. The largest absolute Gasteiger partial charge is 0.477 e. The molecule has 4 fully saturated rings. The summed E-state index contributed by atoms with van der Waals surface area (Å²) >= 11 is 0. The number of aliphatic hydroxyl groups is 13. The van der Waals surface area contributed by atoms with Crippen LogP contribution in [0.1, 0.15) is 104 Å². The molecule has 4 saturated heterocycles. The van der Waals surface area contributed by atoms with Crippen molar-refractivity contribution in [2.45, 2.75) is 245 Å². The SMILES string of the molecule is CCCCCCCCCCCCC/C=C/C(O)C(N)COC1OC(CO)C(OC2OC(CO)C(OC3OC(CO)C(O)C(O)C3NC(C)=O)C(OC3(C(=O)O)CC(O)C(NC(C)=O)C(C(O)C(O)CO)O3)C2O)C(O)C1O. The topological polar surface area (TPSA) is 458 Å². The van der Waals surface area contributed by atoms with E-state index in [1.807, 2.05) is 6.08 Å². The highest BCUT2D eigenvalue weighted by molar-refractivity contribution is 5.76. The van der Waals surface area contributed by atoms with Gasteiger partial charge in [0.15, 0.2) is 18.9 Å². The number of allylic oxidation sites excluding steroid dienone is 1. The van der Waals surface area contributed by atoms with E-state index in [9.17, 15) is 85.9 Å². The molecule has 4 aliphatic heterocycles. The first-order valence-electron chi connectivity index (χ1n) is 26.6. The molecule has 2 amide bonds. The van der Waals surface area contributed by atoms with Crippen molar-refractivity contribution in [3.8, 4) is 0 Å². The Labute approximate surface area is 446 Å². The van der Waals surface area contributed by atoms with E-state index >= 15 is 0 Å². The molecular formula is C49H87N3O25. The molecule has 0 aromatic carbocycles. The molecule has 23 unspecified atom stereocenters. The van der Waals surface area contributed by atoms with Gasteiger partial charge in [-0.25, -0.2) is 4.79 Å². The fraction of sp³-hybridized carbons (Fsp3) is 0.898. The number of aliphatic hydroxyl groups excluding tert-OH is 13. The summed E-state index contributed by atoms with van der Waals surface area (Å²) in [5.41, 5.74) is 6.17. The van der Waals surface area contributed by atoms with Crippen molar-refractivity contribution in [3.05, 3.63) is 12.2 Å². The van der Waals surface area contributed by atoms with E-state index in [4.69, 9.17) is 43.6 Å². The summed E-state index contributed by atoms with van der Waals surface area (Å²) in [6.45, 7) is -0.373. The molecule has 0 aliphatic carbocycles. The summed E-state index contributed by atoms with van der Waals surface area (Å²) in [5, 5.41) is 157. The highest BCUT2D eigenvalue weighted by Crippen LogP contribution is 2.40. The summed E-state index contributed by atoms with van der Waals surface area (Å²) in [7, 11) is 0. The van der Waals surface area contributed by atoms with Gasteiger partial charge < -0.3 is 126 Å². The van der Waals surface area contributed by atoms with Crippen molar-refractivity contribution in [2.24, 2.45) is 5.73 Å². The number of unbranched alkanes of at least 4 members (excludes halogenated alkanes) is 11. The molecule has 18 N–H and O–H groups in total. The van der Waals surface area contributed by atoms with E-state index < -0.39 is 198 Å². The summed E-state index contributed by atoms with van der Waals surface area (Å²) < 4.78 is 46.8. The van der Waals surface area contributed by atoms with Crippen LogP contribution in [0.25, 0.3) is 0 Å². The van der Waals surface area contributed by atoms with Crippen molar-refractivity contribution in [1.82, 2.24) is 10.6 Å². The van der Waals surface area contributed by atoms with E-state index in [-0.39, 0.29) is 0 Å². The van der Waals surface area contributed by atoms with Crippen LogP contribution in [0.3, 0.4) is 0 Å². The standard InChI is InChI=1S/C49H87N3O25/c1-4-5-6-7-8-9-10-11-12-13-14-15-16-17-27(59)26(50)23-70-46-39(66)38(65)41(31(21-55)72-46)74-47-40(67)44(42(32(22-56)73-47)75-45-34(52-25(3)58)37(64)36(63)30(20-54)71-45)77-49(48(68)69)18-28(60)33(51-24(2)57)43(76-49)35(62)29(61)19-53/h16-17,26-47,53-56,59-67H,4-15,18-23,50H2,1-3H3,(H,51,57)(H,52,58)(H,68,69)/b17-16+. The Balaban J connectivity index is 1.56. The third kappa shape index (κ3) is 18.4. The second-order valence-electron chi connectivity index (χ2n) is 20.3. The Morgan fingerprint density at radius 1 is 0.662 bits per heavy atom. The zero-order valence-electron chi connectivity index (χ0n) is 43.9. The lowest BCUT2D eigenvalue weighted by atomic mass is 9.88. The minimum absolute atomic E-state index is 0.419. The number of carbonyl (C=O) groups is 3. The van der Waals surface area contributed by atoms with Crippen LogP contribution in [-0.2, 0) is 52.3 Å². The molecule has 0 aromatic rings. The fourth-order valence-corrected chi connectivity index (χ4v) is 9.78. The maximum absolute atomic E-state index is 13.4. The van der Waals surface area contributed by atoms with Crippen LogP contribution in [0.15, 0.2) is 12.2 Å². The van der Waals surface area contributed by atoms with Crippen LogP contribution in [0.5, 0.6) is 0 Å². The number of amides is 2. The number of carboxylic acids is 1. The van der Waals surface area contributed by atoms with Crippen molar-refractivity contribution in [1.29, 1.82) is 0 Å². The van der Waals surface area contributed by atoms with Gasteiger partial charge in [0.1, 0.15) is 91.5 Å². The zero-order valence-corrected chi connectivity index (χ0v) is 43.9. The van der Waals surface area contributed by atoms with Crippen LogP contribution in [-0.4, -0.2) is 263 Å². The molecule has 4 rings (SSSR count). The number of nitrogens with two attached hydrogens (primary N) is 1. The van der Waals surface area contributed by atoms with Crippen LogP contribution in [0.4, 0.5) is 0 Å². The van der Waals surface area contributed by atoms with E-state index in [2.05, 4.69) is 17.6 Å². The average molecular weight is 1120 g/mol. The van der Waals surface area contributed by atoms with Gasteiger partial charge in [-0.05, 0) is 12.8 Å². The van der Waals surface area contributed by atoms with Gasteiger partial charge in [-0.15, -0.1) is 0 Å². The number of aliphatic carboxylic acids is 1. The molecule has 448 valence electrons. The average Bonchev–Trinajstić information content (AvgIpc) is 3.40. The predicted molar refractivity (Wildman–Crippen MR) is 262 cm³/mol. The van der Waals surface area contributed by atoms with Crippen LogP contribution >= 0.6 is 0 Å². The molecule has 0 radical (unpaired) electrons. The minimum Gasteiger partial charge on any atom is -0.477 e. The molecular weight excluding hydrogens is 1030 g/mol. The number of hydrogen-bond acceptors (Lipinski definition) is 25. The zero-order chi connectivity index (χ0) is 57.1. The lowest BCUT2D eigenvalue weighted by molar-refractivity contribution is -0.400. The Kier molecular flexibility index (Phi) is 28.3. The Morgan fingerprint density at radius 2 is 1.19 bits per heavy atom. The summed E-state index contributed by atoms with van der Waals surface area (Å²) in [6.07, 6.45) is -21.1. The molecule has 0 aromatic heterocycles. The number of carbonyl (C=O) groups excluding carboxylic acids is 2. The molecule has 0 saturated carbocycles. The number of ether oxygens (including phenoxy) is 8. The van der Waals surface area contributed by atoms with Gasteiger partial charge in [0.2, 0.25) is 11.8 Å². The van der Waals surface area contributed by atoms with Gasteiger partial charge in [-0.1, -0.05) is 83.3 Å². The highest BCUT2D eigenvalue weighted by Gasteiger charge is 2.61. The molecule has 28 nitrogen and oxygen atoms in total. The second-order valence-corrected chi connectivity index (χ2v) is 20.3. The summed E-state index contributed by atoms with van der Waals surface area (Å²) in [6, 6.07) is -4.43. The van der Waals surface area contributed by atoms with Crippen molar-refractivity contribution >= 4 is 17.8 Å². The van der Waals surface area contributed by atoms with E-state index in [0.717, 1.165) is 33.1 Å². The Hall–Kier alpha value is -2.73. The van der Waals surface area contributed by atoms with E-state index in [1.54, 1.807) is 0 Å². The molecule has 77 heavy (non-hydrogen) atoms. The van der Waals surface area contributed by atoms with Gasteiger partial charge in [0.05, 0.1) is 57.3 Å². The fourth-order valence-electron chi connectivity index (χ4n) is 9.78. The summed E-state index contributed by atoms with van der Waals surface area (Å²) in [4.78, 5) is 37.9. The van der Waals surface area contributed by atoms with Crippen molar-refractivity contribution < 1.29 is 124 Å². The lowest BCUT2D eigenvalue weighted by Gasteiger charge is -2.52. The first-order valence-corrected chi connectivity index (χ1v) is 26.6. The van der Waals surface area contributed by atoms with Gasteiger partial charge >= 0.3 is 5.97 Å². The number of nitrogens with one attached hydrogen (secondary N) is 2. The predicted octanol–water partition coefficient (Wildman–Crippen LogP) is -5.29. The highest BCUT2D eigenvalue weighted by atomic mass is 16.8. The maximum Gasteiger partial charge on any atom is 0.364 e. The molecule has 4 heterocycles. The number of carboxylic acid groups (broad SMARTS) is 1. The van der Waals surface area contributed by atoms with Crippen LogP contribution in [0, 0.1) is 0 Å². The maximum atomic E-state index is 13.4. The number of rotatable bonds is 32. The van der Waals surface area contributed by atoms with Crippen LogP contribution in [0.2, 0.25) is 0 Å². The van der Waals surface area contributed by atoms with Crippen molar-refractivity contribution in [2.75, 3.05) is 33.0 Å². The van der Waals surface area contributed by atoms with Crippen LogP contribution < -0.4 is 16.4 Å². The second kappa shape index (κ2) is 32.6. The van der Waals surface area contributed by atoms with E-state index in [0.29, 0.717) is 6.42 Å². The van der Waals surface area contributed by atoms with Gasteiger partial charge in [-0.2, -0.15) is 0 Å². The monoisotopic (exact) mass is 1120 g/mol. The Bertz CT molecular complexity index is 1780.